The third kappa shape index (κ3) is 3.64. The number of carbonyl (C=O) groups excluding carboxylic acids is 1. The Bertz CT molecular complexity index is 536. The van der Waals surface area contributed by atoms with E-state index in [-0.39, 0.29) is 5.97 Å². The van der Waals surface area contributed by atoms with Crippen LogP contribution in [-0.4, -0.2) is 17.6 Å². The van der Waals surface area contributed by atoms with Crippen molar-refractivity contribution in [3.63, 3.8) is 0 Å². The number of aromatic nitrogens is 1. The zero-order chi connectivity index (χ0) is 13.7. The lowest BCUT2D eigenvalue weighted by Crippen LogP contribution is -2.05. The molecule has 0 fully saturated rings. The van der Waals surface area contributed by atoms with Crippen molar-refractivity contribution in [2.45, 2.75) is 26.2 Å². The number of hydrogen-bond acceptors (Lipinski definition) is 4. The molecular formula is C15H17NO2S. The van der Waals surface area contributed by atoms with E-state index in [0.29, 0.717) is 18.2 Å². The fraction of sp³-hybridized carbons (Fsp3) is 0.333. The average Bonchev–Trinajstić information content (AvgIpc) is 2.88. The number of thiazole rings is 1. The van der Waals surface area contributed by atoms with Gasteiger partial charge in [0.25, 0.3) is 0 Å². The van der Waals surface area contributed by atoms with Gasteiger partial charge in [-0.15, -0.1) is 11.3 Å². The Morgan fingerprint density at radius 2 is 2.11 bits per heavy atom. The summed E-state index contributed by atoms with van der Waals surface area (Å²) in [7, 11) is 0. The normalized spacial score (nSPS) is 12.1. The number of rotatable bonds is 5. The van der Waals surface area contributed by atoms with E-state index in [1.165, 1.54) is 16.9 Å². The maximum absolute atomic E-state index is 11.5. The molecule has 3 nitrogen and oxygen atoms in total. The van der Waals surface area contributed by atoms with Gasteiger partial charge in [0, 0.05) is 11.8 Å². The Hall–Kier alpha value is -1.68. The third-order valence-electron chi connectivity index (χ3n) is 2.89. The van der Waals surface area contributed by atoms with E-state index in [9.17, 15) is 4.79 Å². The van der Waals surface area contributed by atoms with Crippen LogP contribution in [0.25, 0.3) is 0 Å². The molecule has 1 aromatic carbocycles. The molecule has 0 saturated carbocycles. The van der Waals surface area contributed by atoms with Crippen LogP contribution in [0.1, 0.15) is 40.8 Å². The van der Waals surface area contributed by atoms with E-state index < -0.39 is 0 Å². The molecule has 1 atom stereocenters. The molecule has 2 rings (SSSR count). The van der Waals surface area contributed by atoms with Crippen molar-refractivity contribution in [1.82, 2.24) is 4.98 Å². The average molecular weight is 275 g/mol. The standard InChI is InChI=1S/C15H17NO2S/c1-3-18-15(17)13-10-19-14(16-13)9-11(2)12-7-5-4-6-8-12/h4-8,10-11H,3,9H2,1-2H3. The molecule has 1 aromatic heterocycles. The molecule has 0 aliphatic rings. The molecule has 0 amide bonds. The van der Waals surface area contributed by atoms with Gasteiger partial charge in [0.2, 0.25) is 0 Å². The van der Waals surface area contributed by atoms with Gasteiger partial charge in [-0.05, 0) is 18.4 Å². The fourth-order valence-corrected chi connectivity index (χ4v) is 2.76. The van der Waals surface area contributed by atoms with Crippen molar-refractivity contribution in [1.29, 1.82) is 0 Å². The van der Waals surface area contributed by atoms with E-state index in [0.717, 1.165) is 11.4 Å². The van der Waals surface area contributed by atoms with Crippen molar-refractivity contribution in [3.05, 3.63) is 52.0 Å². The highest BCUT2D eigenvalue weighted by Crippen LogP contribution is 2.22. The predicted molar refractivity (Wildman–Crippen MR) is 76.6 cm³/mol. The highest BCUT2D eigenvalue weighted by molar-refractivity contribution is 7.09. The van der Waals surface area contributed by atoms with Crippen LogP contribution in [0.4, 0.5) is 0 Å². The number of nitrogens with zero attached hydrogens (tertiary/aromatic N) is 1. The van der Waals surface area contributed by atoms with Crippen molar-refractivity contribution in [2.24, 2.45) is 0 Å². The second-order valence-corrected chi connectivity index (χ2v) is 5.31. The summed E-state index contributed by atoms with van der Waals surface area (Å²) < 4.78 is 4.94. The predicted octanol–water partition coefficient (Wildman–Crippen LogP) is 3.67. The number of hydrogen-bond donors (Lipinski definition) is 0. The second-order valence-electron chi connectivity index (χ2n) is 4.36. The first-order chi connectivity index (χ1) is 9.20. The summed E-state index contributed by atoms with van der Waals surface area (Å²) in [5, 5.41) is 2.74. The monoisotopic (exact) mass is 275 g/mol. The van der Waals surface area contributed by atoms with Crippen LogP contribution in [0, 0.1) is 0 Å². The second kappa shape index (κ2) is 6.48. The van der Waals surface area contributed by atoms with E-state index in [1.807, 2.05) is 18.2 Å². The van der Waals surface area contributed by atoms with Gasteiger partial charge in [0.15, 0.2) is 5.69 Å². The van der Waals surface area contributed by atoms with Crippen LogP contribution in [0.2, 0.25) is 0 Å². The molecular weight excluding hydrogens is 258 g/mol. The summed E-state index contributed by atoms with van der Waals surface area (Å²) in [5.41, 5.74) is 1.71. The first-order valence-corrected chi connectivity index (χ1v) is 7.25. The molecule has 1 heterocycles. The summed E-state index contributed by atoms with van der Waals surface area (Å²) in [4.78, 5) is 15.9. The van der Waals surface area contributed by atoms with Gasteiger partial charge in [0.05, 0.1) is 11.6 Å². The molecule has 2 aromatic rings. The Morgan fingerprint density at radius 3 is 2.79 bits per heavy atom. The SMILES string of the molecule is CCOC(=O)c1csc(CC(C)c2ccccc2)n1. The van der Waals surface area contributed by atoms with Crippen molar-refractivity contribution >= 4 is 17.3 Å². The molecule has 100 valence electrons. The summed E-state index contributed by atoms with van der Waals surface area (Å²) in [5.74, 6) is 0.0553. The van der Waals surface area contributed by atoms with Crippen LogP contribution in [0.5, 0.6) is 0 Å². The van der Waals surface area contributed by atoms with Crippen LogP contribution in [-0.2, 0) is 11.2 Å². The number of ether oxygens (including phenoxy) is 1. The van der Waals surface area contributed by atoms with E-state index in [2.05, 4.69) is 24.0 Å². The summed E-state index contributed by atoms with van der Waals surface area (Å²) in [6, 6.07) is 10.3. The molecule has 0 aliphatic carbocycles. The minimum absolute atomic E-state index is 0.336. The van der Waals surface area contributed by atoms with Crippen molar-refractivity contribution < 1.29 is 9.53 Å². The quantitative estimate of drug-likeness (QED) is 0.782. The zero-order valence-corrected chi connectivity index (χ0v) is 11.9. The molecule has 0 aliphatic heterocycles. The molecule has 4 heteroatoms. The summed E-state index contributed by atoms with van der Waals surface area (Å²) in [6.07, 6.45) is 0.841. The van der Waals surface area contributed by atoms with Crippen molar-refractivity contribution in [3.8, 4) is 0 Å². The van der Waals surface area contributed by atoms with Crippen LogP contribution < -0.4 is 0 Å². The first kappa shape index (κ1) is 13.7. The number of esters is 1. The number of carbonyl (C=O) groups is 1. The molecule has 19 heavy (non-hydrogen) atoms. The maximum atomic E-state index is 11.5. The summed E-state index contributed by atoms with van der Waals surface area (Å²) in [6.45, 7) is 4.34. The van der Waals surface area contributed by atoms with Gasteiger partial charge in [-0.1, -0.05) is 37.3 Å². The Balaban J connectivity index is 2.02. The fourth-order valence-electron chi connectivity index (χ4n) is 1.86. The lowest BCUT2D eigenvalue weighted by Gasteiger charge is -2.09. The molecule has 0 bridgehead atoms. The largest absolute Gasteiger partial charge is 0.461 e. The van der Waals surface area contributed by atoms with E-state index in [1.54, 1.807) is 12.3 Å². The van der Waals surface area contributed by atoms with Crippen molar-refractivity contribution in [2.75, 3.05) is 6.61 Å². The highest BCUT2D eigenvalue weighted by Gasteiger charge is 2.14. The zero-order valence-electron chi connectivity index (χ0n) is 11.1. The topological polar surface area (TPSA) is 39.2 Å². The Labute approximate surface area is 117 Å². The maximum Gasteiger partial charge on any atom is 0.357 e. The third-order valence-corrected chi connectivity index (χ3v) is 3.76. The molecule has 0 radical (unpaired) electrons. The number of benzene rings is 1. The molecule has 0 saturated heterocycles. The smallest absolute Gasteiger partial charge is 0.357 e. The molecule has 1 unspecified atom stereocenters. The van der Waals surface area contributed by atoms with Gasteiger partial charge in [-0.3, -0.25) is 0 Å². The van der Waals surface area contributed by atoms with E-state index in [4.69, 9.17) is 4.74 Å². The van der Waals surface area contributed by atoms with E-state index >= 15 is 0 Å². The minimum atomic E-state index is -0.336. The van der Waals surface area contributed by atoms with Gasteiger partial charge < -0.3 is 4.74 Å². The van der Waals surface area contributed by atoms with Gasteiger partial charge in [0.1, 0.15) is 0 Å². The van der Waals surface area contributed by atoms with Gasteiger partial charge in [-0.25, -0.2) is 9.78 Å². The lowest BCUT2D eigenvalue weighted by molar-refractivity contribution is 0.0520. The van der Waals surface area contributed by atoms with Gasteiger partial charge in [-0.2, -0.15) is 0 Å². The Morgan fingerprint density at radius 1 is 1.37 bits per heavy atom. The van der Waals surface area contributed by atoms with Crippen LogP contribution >= 0.6 is 11.3 Å². The van der Waals surface area contributed by atoms with Gasteiger partial charge >= 0.3 is 5.97 Å². The first-order valence-electron chi connectivity index (χ1n) is 6.37. The van der Waals surface area contributed by atoms with Crippen LogP contribution in [0.3, 0.4) is 0 Å². The van der Waals surface area contributed by atoms with Crippen LogP contribution in [0.15, 0.2) is 35.7 Å². The minimum Gasteiger partial charge on any atom is -0.461 e. The molecule has 0 N–H and O–H groups in total. The Kier molecular flexibility index (Phi) is 4.68. The lowest BCUT2D eigenvalue weighted by atomic mass is 9.98. The summed E-state index contributed by atoms with van der Waals surface area (Å²) >= 11 is 1.51. The highest BCUT2D eigenvalue weighted by atomic mass is 32.1. The molecule has 0 spiro atoms.